The van der Waals surface area contributed by atoms with Crippen LogP contribution in [0.5, 0.6) is 5.75 Å². The summed E-state index contributed by atoms with van der Waals surface area (Å²) in [6, 6.07) is 12.7. The van der Waals surface area contributed by atoms with Crippen LogP contribution in [0, 0.1) is 5.41 Å². The van der Waals surface area contributed by atoms with Gasteiger partial charge in [0.05, 0.1) is 22.9 Å². The van der Waals surface area contributed by atoms with E-state index in [0.29, 0.717) is 28.5 Å². The van der Waals surface area contributed by atoms with Gasteiger partial charge in [-0.2, -0.15) is 0 Å². The summed E-state index contributed by atoms with van der Waals surface area (Å²) in [5, 5.41) is 13.8. The molecule has 2 aromatic carbocycles. The maximum atomic E-state index is 13.0. The third-order valence-corrected chi connectivity index (χ3v) is 4.84. The zero-order chi connectivity index (χ0) is 23.3. The van der Waals surface area contributed by atoms with Gasteiger partial charge >= 0.3 is 0 Å². The van der Waals surface area contributed by atoms with Crippen molar-refractivity contribution >= 4 is 52.2 Å². The van der Waals surface area contributed by atoms with Crippen LogP contribution in [0.2, 0.25) is 10.0 Å². The minimum Gasteiger partial charge on any atom is -0.492 e. The van der Waals surface area contributed by atoms with Gasteiger partial charge in [-0.3, -0.25) is 9.59 Å². The van der Waals surface area contributed by atoms with Crippen molar-refractivity contribution in [2.75, 3.05) is 17.2 Å². The Morgan fingerprint density at radius 1 is 0.969 bits per heavy atom. The first-order valence-corrected chi connectivity index (χ1v) is 10.4. The minimum absolute atomic E-state index is 0.109. The van der Waals surface area contributed by atoms with Gasteiger partial charge in [0.1, 0.15) is 11.6 Å². The third kappa shape index (κ3) is 5.63. The summed E-state index contributed by atoms with van der Waals surface area (Å²) in [5.41, 5.74) is 1.75. The summed E-state index contributed by atoms with van der Waals surface area (Å²) >= 11 is 12.0. The van der Waals surface area contributed by atoms with Crippen molar-refractivity contribution in [1.29, 1.82) is 5.41 Å². The molecule has 0 radical (unpaired) electrons. The standard InChI is InChI=1S/C23H20Cl2N4O3/c1-3-32-19-11-17(25)10-18(23(31)28-20-9-8-16(24)12-27-20)21(19)29-22(30)15-6-4-14(5-7-15)13(2)26/h4-12,26H,3H2,1-2H3,(H,29,30)(H,27,28,31). The molecule has 1 aromatic heterocycles. The molecule has 0 bridgehead atoms. The molecule has 32 heavy (non-hydrogen) atoms. The first-order chi connectivity index (χ1) is 15.3. The predicted molar refractivity (Wildman–Crippen MR) is 127 cm³/mol. The van der Waals surface area contributed by atoms with Crippen molar-refractivity contribution < 1.29 is 14.3 Å². The number of nitrogens with zero attached hydrogens (tertiary/aromatic N) is 1. The maximum Gasteiger partial charge on any atom is 0.259 e. The van der Waals surface area contributed by atoms with Crippen LogP contribution in [0.15, 0.2) is 54.7 Å². The fourth-order valence-corrected chi connectivity index (χ4v) is 3.17. The Hall–Kier alpha value is -3.42. The number of rotatable bonds is 7. The average molecular weight is 471 g/mol. The van der Waals surface area contributed by atoms with Gasteiger partial charge in [-0.25, -0.2) is 4.98 Å². The lowest BCUT2D eigenvalue weighted by Gasteiger charge is -2.17. The molecule has 0 unspecified atom stereocenters. The van der Waals surface area contributed by atoms with E-state index in [1.54, 1.807) is 50.2 Å². The number of anilines is 2. The maximum absolute atomic E-state index is 13.0. The summed E-state index contributed by atoms with van der Waals surface area (Å²) < 4.78 is 5.62. The highest BCUT2D eigenvalue weighted by Crippen LogP contribution is 2.34. The Bertz CT molecular complexity index is 1160. The Balaban J connectivity index is 1.95. The number of aromatic nitrogens is 1. The van der Waals surface area contributed by atoms with Gasteiger partial charge in [0.25, 0.3) is 11.8 Å². The fourth-order valence-electron chi connectivity index (χ4n) is 2.85. The van der Waals surface area contributed by atoms with Crippen molar-refractivity contribution in [2.45, 2.75) is 13.8 Å². The van der Waals surface area contributed by atoms with E-state index in [9.17, 15) is 9.59 Å². The Kier molecular flexibility index (Phi) is 7.45. The molecular formula is C23H20Cl2N4O3. The van der Waals surface area contributed by atoms with Gasteiger partial charge in [0.2, 0.25) is 0 Å². The molecule has 0 spiro atoms. The molecule has 3 aromatic rings. The molecular weight excluding hydrogens is 451 g/mol. The molecule has 3 rings (SSSR count). The molecule has 0 fully saturated rings. The predicted octanol–water partition coefficient (Wildman–Crippen LogP) is 5.68. The first kappa shape index (κ1) is 23.2. The molecule has 0 saturated heterocycles. The number of pyridine rings is 1. The van der Waals surface area contributed by atoms with Gasteiger partial charge in [-0.15, -0.1) is 0 Å². The number of benzene rings is 2. The second-order valence-electron chi connectivity index (χ2n) is 6.73. The molecule has 1 heterocycles. The molecule has 0 atom stereocenters. The number of carbonyl (C=O) groups excluding carboxylic acids is 2. The number of amides is 2. The van der Waals surface area contributed by atoms with Crippen molar-refractivity contribution in [3.63, 3.8) is 0 Å². The van der Waals surface area contributed by atoms with Crippen LogP contribution < -0.4 is 15.4 Å². The molecule has 164 valence electrons. The number of hydrogen-bond donors (Lipinski definition) is 3. The molecule has 0 saturated carbocycles. The van der Waals surface area contributed by atoms with Gasteiger partial charge in [0, 0.05) is 28.6 Å². The average Bonchev–Trinajstić information content (AvgIpc) is 2.77. The molecule has 0 aliphatic carbocycles. The van der Waals surface area contributed by atoms with Crippen LogP contribution in [0.1, 0.15) is 40.1 Å². The van der Waals surface area contributed by atoms with Crippen LogP contribution in [0.4, 0.5) is 11.5 Å². The number of hydrogen-bond acceptors (Lipinski definition) is 5. The second kappa shape index (κ2) is 10.3. The third-order valence-electron chi connectivity index (χ3n) is 4.40. The van der Waals surface area contributed by atoms with E-state index in [1.165, 1.54) is 18.3 Å². The van der Waals surface area contributed by atoms with E-state index >= 15 is 0 Å². The highest BCUT2D eigenvalue weighted by atomic mass is 35.5. The Labute approximate surface area is 195 Å². The van der Waals surface area contributed by atoms with Crippen molar-refractivity contribution in [2.24, 2.45) is 0 Å². The van der Waals surface area contributed by atoms with E-state index in [0.717, 1.165) is 0 Å². The number of ether oxygens (including phenoxy) is 1. The minimum atomic E-state index is -0.534. The van der Waals surface area contributed by atoms with Crippen molar-refractivity contribution in [3.8, 4) is 5.75 Å². The van der Waals surface area contributed by atoms with Gasteiger partial charge in [-0.1, -0.05) is 35.3 Å². The van der Waals surface area contributed by atoms with Crippen LogP contribution in [-0.2, 0) is 0 Å². The van der Waals surface area contributed by atoms with E-state index in [1.807, 2.05) is 0 Å². The summed E-state index contributed by atoms with van der Waals surface area (Å²) in [6.45, 7) is 3.75. The molecule has 3 N–H and O–H groups in total. The summed E-state index contributed by atoms with van der Waals surface area (Å²) in [4.78, 5) is 29.9. The number of carbonyl (C=O) groups is 2. The van der Waals surface area contributed by atoms with Gasteiger partial charge in [0.15, 0.2) is 0 Å². The van der Waals surface area contributed by atoms with Gasteiger partial charge in [-0.05, 0) is 49.7 Å². The number of nitrogens with one attached hydrogen (secondary N) is 3. The molecule has 0 aliphatic heterocycles. The van der Waals surface area contributed by atoms with E-state index in [-0.39, 0.29) is 27.8 Å². The fraction of sp³-hybridized carbons (Fsp3) is 0.130. The van der Waals surface area contributed by atoms with E-state index in [4.69, 9.17) is 33.3 Å². The summed E-state index contributed by atoms with van der Waals surface area (Å²) in [7, 11) is 0. The Morgan fingerprint density at radius 2 is 1.66 bits per heavy atom. The topological polar surface area (TPSA) is 104 Å². The second-order valence-corrected chi connectivity index (χ2v) is 7.60. The smallest absolute Gasteiger partial charge is 0.259 e. The summed E-state index contributed by atoms with van der Waals surface area (Å²) in [5.74, 6) is -0.434. The SMILES string of the molecule is CCOc1cc(Cl)cc(C(=O)Nc2ccc(Cl)cn2)c1NC(=O)c1ccc(C(C)=N)cc1. The lowest BCUT2D eigenvalue weighted by Crippen LogP contribution is -2.20. The largest absolute Gasteiger partial charge is 0.492 e. The number of halogens is 2. The van der Waals surface area contributed by atoms with Crippen LogP contribution in [0.25, 0.3) is 0 Å². The first-order valence-electron chi connectivity index (χ1n) is 9.64. The van der Waals surface area contributed by atoms with Crippen LogP contribution in [-0.4, -0.2) is 29.1 Å². The lowest BCUT2D eigenvalue weighted by molar-refractivity contribution is 0.102. The van der Waals surface area contributed by atoms with Gasteiger partial charge < -0.3 is 20.8 Å². The van der Waals surface area contributed by atoms with Crippen LogP contribution >= 0.6 is 23.2 Å². The zero-order valence-corrected chi connectivity index (χ0v) is 18.8. The molecule has 2 amide bonds. The Morgan fingerprint density at radius 3 is 2.25 bits per heavy atom. The monoisotopic (exact) mass is 470 g/mol. The lowest BCUT2D eigenvalue weighted by atomic mass is 10.1. The van der Waals surface area contributed by atoms with Crippen molar-refractivity contribution in [1.82, 2.24) is 4.98 Å². The molecule has 0 aliphatic rings. The molecule has 9 heteroatoms. The normalized spacial score (nSPS) is 10.4. The van der Waals surface area contributed by atoms with Crippen LogP contribution in [0.3, 0.4) is 0 Å². The highest BCUT2D eigenvalue weighted by molar-refractivity contribution is 6.32. The quantitative estimate of drug-likeness (QED) is 0.386. The highest BCUT2D eigenvalue weighted by Gasteiger charge is 2.21. The molecule has 7 nitrogen and oxygen atoms in total. The van der Waals surface area contributed by atoms with Crippen molar-refractivity contribution in [3.05, 3.63) is 81.5 Å². The zero-order valence-electron chi connectivity index (χ0n) is 17.3. The van der Waals surface area contributed by atoms with E-state index in [2.05, 4.69) is 15.6 Å². The van der Waals surface area contributed by atoms with E-state index < -0.39 is 11.8 Å². The summed E-state index contributed by atoms with van der Waals surface area (Å²) in [6.07, 6.45) is 1.41.